The third-order valence-corrected chi connectivity index (χ3v) is 6.50. The van der Waals surface area contributed by atoms with Gasteiger partial charge >= 0.3 is 0 Å². The van der Waals surface area contributed by atoms with Gasteiger partial charge < -0.3 is 14.5 Å². The van der Waals surface area contributed by atoms with Crippen molar-refractivity contribution in [3.63, 3.8) is 0 Å². The molecule has 0 bridgehead atoms. The van der Waals surface area contributed by atoms with Crippen molar-refractivity contribution in [2.75, 3.05) is 33.3 Å². The summed E-state index contributed by atoms with van der Waals surface area (Å²) in [6.07, 6.45) is 10.3. The fourth-order valence-corrected chi connectivity index (χ4v) is 4.64. The Morgan fingerprint density at radius 1 is 1.16 bits per heavy atom. The number of nitrogens with zero attached hydrogens (tertiary/aromatic N) is 5. The van der Waals surface area contributed by atoms with Crippen LogP contribution in [0.1, 0.15) is 31.9 Å². The molecule has 1 aromatic carbocycles. The predicted molar refractivity (Wildman–Crippen MR) is 125 cm³/mol. The number of hydrogen-bond donors (Lipinski definition) is 0. The van der Waals surface area contributed by atoms with Gasteiger partial charge in [-0.25, -0.2) is 9.37 Å². The van der Waals surface area contributed by atoms with Gasteiger partial charge in [-0.3, -0.25) is 5.01 Å². The first-order chi connectivity index (χ1) is 15.6. The minimum absolute atomic E-state index is 0.0589. The molecule has 2 aromatic rings. The van der Waals surface area contributed by atoms with Crippen molar-refractivity contribution < 1.29 is 9.13 Å². The highest BCUT2D eigenvalue weighted by Gasteiger charge is 2.35. The van der Waals surface area contributed by atoms with Gasteiger partial charge in [0.1, 0.15) is 35.4 Å². The highest BCUT2D eigenvalue weighted by Crippen LogP contribution is 2.31. The summed E-state index contributed by atoms with van der Waals surface area (Å²) in [4.78, 5) is 9.32. The number of fused-ring (bicyclic) bond motifs is 2. The first-order valence-electron chi connectivity index (χ1n) is 11.5. The number of hydrogen-bond acceptors (Lipinski definition) is 6. The molecule has 168 valence electrons. The van der Waals surface area contributed by atoms with Crippen molar-refractivity contribution in [3.8, 4) is 5.75 Å². The first kappa shape index (κ1) is 20.9. The number of benzene rings is 1. The number of para-hydroxylation sites is 1. The fourth-order valence-electron chi connectivity index (χ4n) is 4.64. The molecule has 0 saturated carbocycles. The summed E-state index contributed by atoms with van der Waals surface area (Å²) in [7, 11) is 1.95. The molecule has 1 unspecified atom stereocenters. The topological polar surface area (TPSA) is 44.2 Å². The van der Waals surface area contributed by atoms with E-state index < -0.39 is 5.67 Å². The van der Waals surface area contributed by atoms with Crippen LogP contribution in [0.5, 0.6) is 5.75 Å². The normalized spacial score (nSPS) is 22.3. The maximum absolute atomic E-state index is 15.4. The molecule has 32 heavy (non-hydrogen) atoms. The number of piperidine rings is 1. The molecular formula is C25H30FN5O. The third-order valence-electron chi connectivity index (χ3n) is 6.50. The van der Waals surface area contributed by atoms with Crippen molar-refractivity contribution in [1.29, 1.82) is 0 Å². The molecule has 0 radical (unpaired) electrons. The highest BCUT2D eigenvalue weighted by atomic mass is 19.1. The molecule has 0 amide bonds. The number of amidine groups is 1. The molecular weight excluding hydrogens is 405 g/mol. The largest absolute Gasteiger partial charge is 0.488 e. The van der Waals surface area contributed by atoms with E-state index in [1.54, 1.807) is 0 Å². The number of likely N-dealkylation sites (tertiary alicyclic amines) is 1. The number of alkyl halides is 1. The molecule has 0 aliphatic carbocycles. The van der Waals surface area contributed by atoms with Crippen LogP contribution in [0.3, 0.4) is 0 Å². The third kappa shape index (κ3) is 3.97. The molecule has 7 heteroatoms. The second kappa shape index (κ2) is 8.54. The quantitative estimate of drug-likeness (QED) is 0.682. The van der Waals surface area contributed by atoms with E-state index in [-0.39, 0.29) is 12.8 Å². The summed E-state index contributed by atoms with van der Waals surface area (Å²) < 4.78 is 21.5. The van der Waals surface area contributed by atoms with Crippen molar-refractivity contribution in [3.05, 3.63) is 60.5 Å². The van der Waals surface area contributed by atoms with Crippen molar-refractivity contribution in [1.82, 2.24) is 19.8 Å². The summed E-state index contributed by atoms with van der Waals surface area (Å²) in [5.74, 6) is 1.41. The second-order valence-corrected chi connectivity index (χ2v) is 8.85. The van der Waals surface area contributed by atoms with Crippen LogP contribution < -0.4 is 4.74 Å². The lowest BCUT2D eigenvalue weighted by Gasteiger charge is -2.36. The maximum atomic E-state index is 15.4. The van der Waals surface area contributed by atoms with E-state index in [1.807, 2.05) is 60.7 Å². The molecule has 5 rings (SSSR count). The Labute approximate surface area is 188 Å². The van der Waals surface area contributed by atoms with Crippen molar-refractivity contribution >= 4 is 16.7 Å². The number of hydrazone groups is 1. The van der Waals surface area contributed by atoms with E-state index in [4.69, 9.17) is 14.8 Å². The zero-order valence-electron chi connectivity index (χ0n) is 18.7. The number of rotatable bonds is 6. The van der Waals surface area contributed by atoms with Gasteiger partial charge in [0.15, 0.2) is 5.84 Å². The van der Waals surface area contributed by atoms with Gasteiger partial charge in [0.25, 0.3) is 0 Å². The van der Waals surface area contributed by atoms with Crippen LogP contribution in [-0.2, 0) is 0 Å². The molecule has 1 atom stereocenters. The molecule has 1 saturated heterocycles. The van der Waals surface area contributed by atoms with E-state index in [9.17, 15) is 0 Å². The van der Waals surface area contributed by atoms with Gasteiger partial charge in [0, 0.05) is 31.7 Å². The Morgan fingerprint density at radius 3 is 2.81 bits per heavy atom. The highest BCUT2D eigenvalue weighted by molar-refractivity contribution is 6.01. The zero-order valence-corrected chi connectivity index (χ0v) is 18.7. The molecule has 1 fully saturated rings. The van der Waals surface area contributed by atoms with Crippen LogP contribution in [0, 0.1) is 0 Å². The number of likely N-dealkylation sites (N-methyl/N-ethyl adjacent to an activating group) is 1. The SMILES string of the molecule is CCCN1CCC(F)(COc2cccc3ccc(C4=NN(C)C5C=CC=CN45)nc23)CC1. The minimum atomic E-state index is -1.29. The smallest absolute Gasteiger partial charge is 0.180 e. The van der Waals surface area contributed by atoms with E-state index in [0.717, 1.165) is 48.5 Å². The van der Waals surface area contributed by atoms with Gasteiger partial charge in [-0.15, -0.1) is 0 Å². The lowest BCUT2D eigenvalue weighted by Crippen LogP contribution is -2.45. The number of pyridine rings is 1. The number of allylic oxidation sites excluding steroid dienone is 2. The van der Waals surface area contributed by atoms with Crippen LogP contribution in [0.15, 0.2) is 59.9 Å². The monoisotopic (exact) mass is 435 g/mol. The number of aromatic nitrogens is 1. The molecule has 0 spiro atoms. The summed E-state index contributed by atoms with van der Waals surface area (Å²) in [5, 5.41) is 7.58. The number of halogens is 1. The molecule has 1 aromatic heterocycles. The molecule has 4 heterocycles. The first-order valence-corrected chi connectivity index (χ1v) is 11.5. The minimum Gasteiger partial charge on any atom is -0.488 e. The Kier molecular flexibility index (Phi) is 5.59. The van der Waals surface area contributed by atoms with Crippen LogP contribution in [0.25, 0.3) is 10.9 Å². The zero-order chi connectivity index (χ0) is 22.1. The van der Waals surface area contributed by atoms with E-state index >= 15 is 4.39 Å². The van der Waals surface area contributed by atoms with E-state index in [1.165, 1.54) is 0 Å². The Balaban J connectivity index is 1.36. The maximum Gasteiger partial charge on any atom is 0.180 e. The average molecular weight is 436 g/mol. The van der Waals surface area contributed by atoms with Gasteiger partial charge in [0.2, 0.25) is 0 Å². The Bertz CT molecular complexity index is 1070. The van der Waals surface area contributed by atoms with Gasteiger partial charge in [-0.2, -0.15) is 5.10 Å². The summed E-state index contributed by atoms with van der Waals surface area (Å²) in [6.45, 7) is 4.84. The van der Waals surface area contributed by atoms with Gasteiger partial charge in [-0.1, -0.05) is 31.2 Å². The lowest BCUT2D eigenvalue weighted by atomic mass is 9.94. The summed E-state index contributed by atoms with van der Waals surface area (Å²) in [6, 6.07) is 9.82. The summed E-state index contributed by atoms with van der Waals surface area (Å²) in [5.41, 5.74) is 0.216. The second-order valence-electron chi connectivity index (χ2n) is 8.85. The van der Waals surface area contributed by atoms with E-state index in [2.05, 4.69) is 22.8 Å². The van der Waals surface area contributed by atoms with Crippen molar-refractivity contribution in [2.45, 2.75) is 38.0 Å². The van der Waals surface area contributed by atoms with Crippen LogP contribution in [-0.4, -0.2) is 70.8 Å². The molecule has 6 nitrogen and oxygen atoms in total. The lowest BCUT2D eigenvalue weighted by molar-refractivity contribution is 0.0179. The van der Waals surface area contributed by atoms with Crippen LogP contribution >= 0.6 is 0 Å². The Morgan fingerprint density at radius 2 is 2.00 bits per heavy atom. The molecule has 3 aliphatic heterocycles. The van der Waals surface area contributed by atoms with E-state index in [0.29, 0.717) is 18.6 Å². The average Bonchev–Trinajstić information content (AvgIpc) is 3.16. The summed E-state index contributed by atoms with van der Waals surface area (Å²) >= 11 is 0. The number of ether oxygens (including phenoxy) is 1. The molecule has 3 aliphatic rings. The standard InChI is InChI=1S/C25H30FN5O/c1-3-14-30-16-12-25(26,13-17-30)18-32-21-8-6-7-19-10-11-20(27-23(19)21)24-28-29(2)22-9-4-5-15-31(22)24/h4-11,15,22H,3,12-14,16-18H2,1-2H3. The van der Waals surface area contributed by atoms with Crippen molar-refractivity contribution in [2.24, 2.45) is 5.10 Å². The molecule has 0 N–H and O–H groups in total. The van der Waals surface area contributed by atoms with Gasteiger partial charge in [0.05, 0.1) is 0 Å². The predicted octanol–water partition coefficient (Wildman–Crippen LogP) is 4.15. The van der Waals surface area contributed by atoms with Crippen LogP contribution in [0.4, 0.5) is 4.39 Å². The van der Waals surface area contributed by atoms with Gasteiger partial charge in [-0.05, 0) is 50.1 Å². The van der Waals surface area contributed by atoms with Crippen LogP contribution in [0.2, 0.25) is 0 Å². The Hall–Kier alpha value is -2.93. The fraction of sp³-hybridized carbons (Fsp3) is 0.440.